The van der Waals surface area contributed by atoms with Gasteiger partial charge in [-0.15, -0.1) is 0 Å². The quantitative estimate of drug-likeness (QED) is 0.405. The maximum Gasteiger partial charge on any atom is 0.310 e. The van der Waals surface area contributed by atoms with Gasteiger partial charge in [-0.05, 0) is 102 Å². The van der Waals surface area contributed by atoms with Crippen LogP contribution in [0.25, 0.3) is 0 Å². The number of carboxylic acid groups (broad SMARTS) is 1. The molecular weight excluding hydrogens is 456 g/mol. The number of aliphatic carboxylic acids is 1. The molecule has 1 aromatic heterocycles. The molecule has 0 saturated heterocycles. The Balaban J connectivity index is 1.44. The van der Waals surface area contributed by atoms with Gasteiger partial charge in [0.25, 0.3) is 0 Å². The van der Waals surface area contributed by atoms with Crippen molar-refractivity contribution in [3.8, 4) is 0 Å². The second kappa shape index (κ2) is 7.69. The second-order valence-corrected chi connectivity index (χ2v) is 15.6. The minimum atomic E-state index is -0.733. The van der Waals surface area contributed by atoms with Crippen LogP contribution in [0.3, 0.4) is 0 Å². The lowest BCUT2D eigenvalue weighted by Crippen LogP contribution is -2.72. The van der Waals surface area contributed by atoms with E-state index >= 15 is 0 Å². The predicted octanol–water partition coefficient (Wildman–Crippen LogP) is 7.38. The van der Waals surface area contributed by atoms with Crippen LogP contribution >= 0.6 is 0 Å². The topological polar surface area (TPSA) is 63.1 Å². The van der Waals surface area contributed by atoms with Crippen molar-refractivity contribution in [1.82, 2.24) is 9.97 Å². The summed E-state index contributed by atoms with van der Waals surface area (Å²) in [5, 5.41) is 11.1. The number of hydrogen-bond donors (Lipinski definition) is 1. The molecule has 0 bridgehead atoms. The molecule has 4 heteroatoms. The monoisotopic (exact) mass is 504 g/mol. The van der Waals surface area contributed by atoms with Crippen LogP contribution in [0.4, 0.5) is 0 Å². The van der Waals surface area contributed by atoms with E-state index in [4.69, 9.17) is 0 Å². The van der Waals surface area contributed by atoms with E-state index in [0.29, 0.717) is 23.7 Å². The van der Waals surface area contributed by atoms with E-state index in [1.165, 1.54) is 29.7 Å². The van der Waals surface area contributed by atoms with Gasteiger partial charge in [0, 0.05) is 17.8 Å². The van der Waals surface area contributed by atoms with Gasteiger partial charge in [0.05, 0.1) is 5.41 Å². The smallest absolute Gasteiger partial charge is 0.310 e. The van der Waals surface area contributed by atoms with Gasteiger partial charge in [-0.25, -0.2) is 9.97 Å². The first-order chi connectivity index (χ1) is 17.2. The standard InChI is InChI=1S/C33H48N2O2/c1-29(2)27-24-12-11-22-21(10-9-19-16-26-20(15-25(19)22)17-34-18-35-26)23(24)13-14-33(27,28(36)37)32(7,8)31(5,6)30(29,3)4/h12,17-19,21-23,25,27H,9-11,13-16H2,1-8H3,(H,36,37). The lowest BCUT2D eigenvalue weighted by molar-refractivity contribution is -0.263. The van der Waals surface area contributed by atoms with Crippen LogP contribution in [0.2, 0.25) is 0 Å². The highest BCUT2D eigenvalue weighted by Crippen LogP contribution is 2.79. The molecule has 5 aliphatic rings. The lowest BCUT2D eigenvalue weighted by atomic mass is 9.28. The number of carboxylic acids is 1. The average Bonchev–Trinajstić information content (AvgIpc) is 2.84. The van der Waals surface area contributed by atoms with Gasteiger partial charge in [-0.1, -0.05) is 67.0 Å². The van der Waals surface area contributed by atoms with Crippen molar-refractivity contribution in [2.45, 2.75) is 100 Å². The van der Waals surface area contributed by atoms with Crippen LogP contribution < -0.4 is 0 Å². The molecule has 7 unspecified atom stereocenters. The van der Waals surface area contributed by atoms with Gasteiger partial charge in [-0.3, -0.25) is 4.79 Å². The zero-order chi connectivity index (χ0) is 26.8. The molecule has 37 heavy (non-hydrogen) atoms. The Kier molecular flexibility index (Phi) is 5.31. The Labute approximate surface area is 224 Å². The molecule has 5 aliphatic carbocycles. The van der Waals surface area contributed by atoms with E-state index in [1.807, 2.05) is 0 Å². The van der Waals surface area contributed by atoms with Gasteiger partial charge >= 0.3 is 5.97 Å². The van der Waals surface area contributed by atoms with Gasteiger partial charge < -0.3 is 5.11 Å². The van der Waals surface area contributed by atoms with E-state index in [0.717, 1.165) is 38.0 Å². The summed E-state index contributed by atoms with van der Waals surface area (Å²) in [6, 6.07) is 0. The molecule has 0 aromatic carbocycles. The summed E-state index contributed by atoms with van der Waals surface area (Å²) in [6.07, 6.45) is 14.1. The summed E-state index contributed by atoms with van der Waals surface area (Å²) in [7, 11) is 0. The van der Waals surface area contributed by atoms with Crippen LogP contribution in [0.5, 0.6) is 0 Å². The number of rotatable bonds is 1. The van der Waals surface area contributed by atoms with Crippen molar-refractivity contribution in [3.63, 3.8) is 0 Å². The largest absolute Gasteiger partial charge is 0.481 e. The highest BCUT2D eigenvalue weighted by molar-refractivity contribution is 5.78. The normalized spacial score (nSPS) is 42.1. The van der Waals surface area contributed by atoms with Crippen molar-refractivity contribution in [3.05, 3.63) is 35.4 Å². The fourth-order valence-corrected chi connectivity index (χ4v) is 11.1. The van der Waals surface area contributed by atoms with Crippen LogP contribution in [-0.4, -0.2) is 21.0 Å². The Morgan fingerprint density at radius 3 is 2.32 bits per heavy atom. The molecule has 0 radical (unpaired) electrons. The summed E-state index contributed by atoms with van der Waals surface area (Å²) in [5.74, 6) is 2.91. The third-order valence-corrected chi connectivity index (χ3v) is 14.6. The second-order valence-electron chi connectivity index (χ2n) is 15.6. The van der Waals surface area contributed by atoms with Crippen molar-refractivity contribution in [2.24, 2.45) is 62.6 Å². The van der Waals surface area contributed by atoms with Gasteiger partial charge in [0.2, 0.25) is 0 Å². The number of allylic oxidation sites excluding steroid dienone is 2. The summed E-state index contributed by atoms with van der Waals surface area (Å²) in [4.78, 5) is 22.5. The van der Waals surface area contributed by atoms with E-state index < -0.39 is 11.4 Å². The highest BCUT2D eigenvalue weighted by Gasteiger charge is 2.76. The predicted molar refractivity (Wildman–Crippen MR) is 147 cm³/mol. The molecule has 3 fully saturated rings. The minimum absolute atomic E-state index is 0.0164. The fourth-order valence-electron chi connectivity index (χ4n) is 11.1. The molecule has 0 spiro atoms. The maximum absolute atomic E-state index is 13.5. The number of aromatic nitrogens is 2. The molecular formula is C33H48N2O2. The lowest BCUT2D eigenvalue weighted by Gasteiger charge is -2.75. The highest BCUT2D eigenvalue weighted by atomic mass is 16.4. The van der Waals surface area contributed by atoms with Gasteiger partial charge in [0.1, 0.15) is 6.33 Å². The van der Waals surface area contributed by atoms with Crippen molar-refractivity contribution in [2.75, 3.05) is 0 Å². The average molecular weight is 505 g/mol. The fraction of sp³-hybridized carbons (Fsp3) is 0.788. The summed E-state index contributed by atoms with van der Waals surface area (Å²) in [6.45, 7) is 18.9. The van der Waals surface area contributed by atoms with E-state index in [9.17, 15) is 9.90 Å². The zero-order valence-electron chi connectivity index (χ0n) is 24.4. The number of nitrogens with zero attached hydrogens (tertiary/aromatic N) is 2. The Morgan fingerprint density at radius 2 is 1.62 bits per heavy atom. The van der Waals surface area contributed by atoms with Crippen molar-refractivity contribution in [1.29, 1.82) is 0 Å². The van der Waals surface area contributed by atoms with Crippen LogP contribution in [0.15, 0.2) is 24.2 Å². The molecule has 6 rings (SSSR count). The van der Waals surface area contributed by atoms with Crippen LogP contribution in [0.1, 0.15) is 98.8 Å². The zero-order valence-corrected chi connectivity index (χ0v) is 24.4. The maximum atomic E-state index is 13.5. The van der Waals surface area contributed by atoms with Gasteiger partial charge in [0.15, 0.2) is 0 Å². The number of hydrogen-bond acceptors (Lipinski definition) is 3. The van der Waals surface area contributed by atoms with Crippen molar-refractivity contribution < 1.29 is 9.90 Å². The SMILES string of the molecule is CC1(C)C2C3=CCC4C5Cc6cncnc6CC5CCC4C3CCC2(C(=O)O)C(C)(C)C(C)(C)C1(C)C. The first kappa shape index (κ1) is 25.6. The third-order valence-electron chi connectivity index (χ3n) is 14.6. The summed E-state index contributed by atoms with van der Waals surface area (Å²) in [5.41, 5.74) is 2.84. The van der Waals surface area contributed by atoms with Crippen LogP contribution in [-0.2, 0) is 17.6 Å². The van der Waals surface area contributed by atoms with E-state index in [-0.39, 0.29) is 27.6 Å². The number of fused-ring (bicyclic) bond motifs is 8. The van der Waals surface area contributed by atoms with E-state index in [2.05, 4.69) is 77.6 Å². The van der Waals surface area contributed by atoms with Crippen LogP contribution in [0, 0.1) is 62.6 Å². The molecule has 1 N–H and O–H groups in total. The summed E-state index contributed by atoms with van der Waals surface area (Å²) >= 11 is 0. The van der Waals surface area contributed by atoms with E-state index in [1.54, 1.807) is 6.33 Å². The Hall–Kier alpha value is -1.71. The molecule has 0 aliphatic heterocycles. The molecule has 3 saturated carbocycles. The first-order valence-electron chi connectivity index (χ1n) is 14.9. The number of carbonyl (C=O) groups is 1. The molecule has 202 valence electrons. The minimum Gasteiger partial charge on any atom is -0.481 e. The third kappa shape index (κ3) is 2.89. The molecule has 1 heterocycles. The molecule has 7 atom stereocenters. The Morgan fingerprint density at radius 1 is 0.892 bits per heavy atom. The summed E-state index contributed by atoms with van der Waals surface area (Å²) < 4.78 is 0. The molecule has 0 amide bonds. The molecule has 1 aromatic rings. The first-order valence-corrected chi connectivity index (χ1v) is 14.9. The van der Waals surface area contributed by atoms with Crippen molar-refractivity contribution >= 4 is 5.97 Å². The Bertz CT molecular complexity index is 1160. The van der Waals surface area contributed by atoms with Gasteiger partial charge in [-0.2, -0.15) is 0 Å². The molecule has 4 nitrogen and oxygen atoms in total.